The second-order valence-corrected chi connectivity index (χ2v) is 10.5. The van der Waals surface area contributed by atoms with Gasteiger partial charge in [0.2, 0.25) is 5.91 Å². The number of carbonyl (C=O) groups is 1. The number of sulfone groups is 1. The van der Waals surface area contributed by atoms with E-state index in [4.69, 9.17) is 16.0 Å². The Morgan fingerprint density at radius 1 is 1.22 bits per heavy atom. The number of rotatable bonds is 7. The molecule has 1 saturated carbocycles. The molecule has 1 aliphatic rings. The summed E-state index contributed by atoms with van der Waals surface area (Å²) in [6.45, 7) is 0. The lowest BCUT2D eigenvalue weighted by molar-refractivity contribution is -0.118. The smallest absolute Gasteiger partial charge is 0.233 e. The summed E-state index contributed by atoms with van der Waals surface area (Å²) in [5.74, 6) is 0.665. The summed E-state index contributed by atoms with van der Waals surface area (Å²) in [5.41, 5.74) is 1.26. The van der Waals surface area contributed by atoms with E-state index in [9.17, 15) is 13.2 Å². The highest BCUT2D eigenvalue weighted by Gasteiger charge is 2.28. The van der Waals surface area contributed by atoms with E-state index in [1.54, 1.807) is 30.5 Å². The van der Waals surface area contributed by atoms with E-state index in [0.29, 0.717) is 35.2 Å². The maximum atomic E-state index is 13.2. The van der Waals surface area contributed by atoms with Gasteiger partial charge in [-0.2, -0.15) is 0 Å². The topological polar surface area (TPSA) is 102 Å². The molecule has 9 heteroatoms. The highest BCUT2D eigenvalue weighted by atomic mass is 35.5. The SMILES string of the molecule is CS(=O)(=O)c1ccc([C@@H](CC2CCCC2)C(=O)Nc2cnc(-c3ccco3)cn2)cc1Cl. The lowest BCUT2D eigenvalue weighted by Crippen LogP contribution is -2.24. The van der Waals surface area contributed by atoms with Crippen molar-refractivity contribution >= 4 is 33.2 Å². The van der Waals surface area contributed by atoms with Crippen LogP contribution in [-0.2, 0) is 14.6 Å². The molecule has 0 aliphatic heterocycles. The van der Waals surface area contributed by atoms with Crippen LogP contribution in [0.2, 0.25) is 5.02 Å². The van der Waals surface area contributed by atoms with Crippen molar-refractivity contribution in [2.24, 2.45) is 5.92 Å². The summed E-state index contributed by atoms with van der Waals surface area (Å²) in [4.78, 5) is 21.9. The molecule has 0 unspecified atom stereocenters. The van der Waals surface area contributed by atoms with Crippen molar-refractivity contribution in [3.05, 3.63) is 59.6 Å². The number of nitrogens with zero attached hydrogens (tertiary/aromatic N) is 2. The molecule has 32 heavy (non-hydrogen) atoms. The van der Waals surface area contributed by atoms with Gasteiger partial charge in [0.15, 0.2) is 21.4 Å². The second kappa shape index (κ2) is 9.42. The first-order chi connectivity index (χ1) is 15.3. The van der Waals surface area contributed by atoms with Gasteiger partial charge in [-0.15, -0.1) is 0 Å². The Kier molecular flexibility index (Phi) is 6.62. The Bertz CT molecular complexity index is 1190. The molecule has 2 heterocycles. The summed E-state index contributed by atoms with van der Waals surface area (Å²) in [6, 6.07) is 8.28. The van der Waals surface area contributed by atoms with Crippen LogP contribution in [-0.4, -0.2) is 30.5 Å². The summed E-state index contributed by atoms with van der Waals surface area (Å²) < 4.78 is 29.1. The number of halogens is 1. The predicted octanol–water partition coefficient (Wildman–Crippen LogP) is 5.10. The lowest BCUT2D eigenvalue weighted by atomic mass is 9.87. The van der Waals surface area contributed by atoms with E-state index >= 15 is 0 Å². The fraction of sp³-hybridized carbons (Fsp3) is 0.348. The molecule has 1 N–H and O–H groups in total. The Labute approximate surface area is 192 Å². The third-order valence-electron chi connectivity index (χ3n) is 5.79. The molecule has 1 aromatic carbocycles. The highest BCUT2D eigenvalue weighted by Crippen LogP contribution is 2.36. The van der Waals surface area contributed by atoms with Gasteiger partial charge in [-0.1, -0.05) is 43.4 Å². The average molecular weight is 474 g/mol. The molecule has 0 radical (unpaired) electrons. The van der Waals surface area contributed by atoms with Gasteiger partial charge in [0.05, 0.1) is 34.5 Å². The van der Waals surface area contributed by atoms with Gasteiger partial charge in [0.1, 0.15) is 5.69 Å². The van der Waals surface area contributed by atoms with Gasteiger partial charge in [-0.25, -0.2) is 18.4 Å². The number of hydrogen-bond acceptors (Lipinski definition) is 6. The molecular weight excluding hydrogens is 450 g/mol. The molecule has 7 nitrogen and oxygen atoms in total. The number of carbonyl (C=O) groups excluding carboxylic acids is 1. The Hall–Kier alpha value is -2.71. The summed E-state index contributed by atoms with van der Waals surface area (Å²) >= 11 is 6.26. The van der Waals surface area contributed by atoms with Crippen molar-refractivity contribution in [1.82, 2.24) is 9.97 Å². The number of aromatic nitrogens is 2. The third kappa shape index (κ3) is 5.19. The minimum atomic E-state index is -3.45. The molecule has 2 aromatic heterocycles. The maximum absolute atomic E-state index is 13.2. The molecule has 1 atom stereocenters. The summed E-state index contributed by atoms with van der Waals surface area (Å²) in [5, 5.41) is 2.97. The minimum absolute atomic E-state index is 0.0577. The van der Waals surface area contributed by atoms with E-state index in [0.717, 1.165) is 31.9 Å². The number of hydrogen-bond donors (Lipinski definition) is 1. The van der Waals surface area contributed by atoms with Gasteiger partial charge in [-0.3, -0.25) is 4.79 Å². The van der Waals surface area contributed by atoms with Crippen molar-refractivity contribution in [1.29, 1.82) is 0 Å². The van der Waals surface area contributed by atoms with Gasteiger partial charge in [-0.05, 0) is 42.2 Å². The van der Waals surface area contributed by atoms with E-state index in [2.05, 4.69) is 15.3 Å². The van der Waals surface area contributed by atoms with Crippen LogP contribution in [0.4, 0.5) is 5.82 Å². The summed E-state index contributed by atoms with van der Waals surface area (Å²) in [6.07, 6.45) is 10.8. The zero-order chi connectivity index (χ0) is 22.7. The van der Waals surface area contributed by atoms with Crippen LogP contribution in [0.3, 0.4) is 0 Å². The molecule has 1 aliphatic carbocycles. The highest BCUT2D eigenvalue weighted by molar-refractivity contribution is 7.90. The molecule has 1 amide bonds. The average Bonchev–Trinajstić information content (AvgIpc) is 3.46. The second-order valence-electron chi connectivity index (χ2n) is 8.15. The van der Waals surface area contributed by atoms with E-state index < -0.39 is 15.8 Å². The Morgan fingerprint density at radius 3 is 2.59 bits per heavy atom. The molecule has 4 rings (SSSR count). The maximum Gasteiger partial charge on any atom is 0.233 e. The zero-order valence-electron chi connectivity index (χ0n) is 17.6. The molecule has 0 saturated heterocycles. The largest absolute Gasteiger partial charge is 0.463 e. The Balaban J connectivity index is 1.57. The van der Waals surface area contributed by atoms with Gasteiger partial charge in [0.25, 0.3) is 0 Å². The molecule has 0 spiro atoms. The van der Waals surface area contributed by atoms with Crippen molar-refractivity contribution in [3.63, 3.8) is 0 Å². The van der Waals surface area contributed by atoms with Gasteiger partial charge >= 0.3 is 0 Å². The molecule has 0 bridgehead atoms. The monoisotopic (exact) mass is 473 g/mol. The van der Waals surface area contributed by atoms with Crippen LogP contribution in [0, 0.1) is 5.92 Å². The molecule has 168 valence electrons. The van der Waals surface area contributed by atoms with Gasteiger partial charge < -0.3 is 9.73 Å². The van der Waals surface area contributed by atoms with Crippen molar-refractivity contribution < 1.29 is 17.6 Å². The van der Waals surface area contributed by atoms with Crippen molar-refractivity contribution in [2.75, 3.05) is 11.6 Å². The standard InChI is InChI=1S/C23H24ClN3O4S/c1-32(29,30)21-9-8-16(12-18(21)24)17(11-15-5-2-3-6-15)23(28)27-22-14-25-19(13-26-22)20-7-4-10-31-20/h4,7-10,12-15,17H,2-3,5-6,11H2,1H3,(H,26,27,28)/t17-/m1/s1. The number of anilines is 1. The molecule has 1 fully saturated rings. The van der Waals surface area contributed by atoms with E-state index in [1.165, 1.54) is 18.5 Å². The number of benzene rings is 1. The fourth-order valence-electron chi connectivity index (χ4n) is 4.17. The van der Waals surface area contributed by atoms with E-state index in [1.807, 2.05) is 0 Å². The fourth-order valence-corrected chi connectivity index (χ4v) is 5.50. The molecule has 3 aromatic rings. The number of nitrogens with one attached hydrogen (secondary N) is 1. The van der Waals surface area contributed by atoms with Crippen molar-refractivity contribution in [3.8, 4) is 11.5 Å². The minimum Gasteiger partial charge on any atom is -0.463 e. The van der Waals surface area contributed by atoms with Crippen LogP contribution >= 0.6 is 11.6 Å². The quantitative estimate of drug-likeness (QED) is 0.512. The van der Waals surface area contributed by atoms with Crippen molar-refractivity contribution in [2.45, 2.75) is 42.9 Å². The summed E-state index contributed by atoms with van der Waals surface area (Å²) in [7, 11) is -3.45. The van der Waals surface area contributed by atoms with Crippen LogP contribution < -0.4 is 5.32 Å². The predicted molar refractivity (Wildman–Crippen MR) is 122 cm³/mol. The van der Waals surface area contributed by atoms with Crippen LogP contribution in [0.5, 0.6) is 0 Å². The normalized spacial score (nSPS) is 15.6. The first-order valence-corrected chi connectivity index (χ1v) is 12.7. The Morgan fingerprint density at radius 2 is 2.00 bits per heavy atom. The third-order valence-corrected chi connectivity index (χ3v) is 7.37. The number of furan rings is 1. The van der Waals surface area contributed by atoms with E-state index in [-0.39, 0.29) is 15.8 Å². The van der Waals surface area contributed by atoms with Crippen LogP contribution in [0.1, 0.15) is 43.6 Å². The van der Waals surface area contributed by atoms with Crippen LogP contribution in [0.15, 0.2) is 58.3 Å². The number of amides is 1. The first-order valence-electron chi connectivity index (χ1n) is 10.5. The van der Waals surface area contributed by atoms with Crippen LogP contribution in [0.25, 0.3) is 11.5 Å². The zero-order valence-corrected chi connectivity index (χ0v) is 19.2. The molecular formula is C23H24ClN3O4S. The van der Waals surface area contributed by atoms with Gasteiger partial charge in [0, 0.05) is 6.26 Å². The lowest BCUT2D eigenvalue weighted by Gasteiger charge is -2.21. The first kappa shape index (κ1) is 22.5.